The Kier molecular flexibility index (Phi) is 6.68. The summed E-state index contributed by atoms with van der Waals surface area (Å²) in [6.45, 7) is 2.40. The standard InChI is InChI=1S/C14H17ClN2O4/c1-2-16-12(18)4-3-5-13(19)17-9-6-7-10(14(20)21)11(15)8-9/h6-8H,2-5H2,1H3,(H,16,18)(H,17,19)(H,20,21). The summed E-state index contributed by atoms with van der Waals surface area (Å²) in [5.41, 5.74) is 0.402. The molecular weight excluding hydrogens is 296 g/mol. The van der Waals surface area contributed by atoms with E-state index in [-0.39, 0.29) is 28.8 Å². The summed E-state index contributed by atoms with van der Waals surface area (Å²) in [6.07, 6.45) is 0.939. The minimum absolute atomic E-state index is 0.0223. The molecular formula is C14H17ClN2O4. The lowest BCUT2D eigenvalue weighted by Crippen LogP contribution is -2.22. The number of hydrogen-bond donors (Lipinski definition) is 3. The number of nitrogens with one attached hydrogen (secondary N) is 2. The zero-order valence-corrected chi connectivity index (χ0v) is 12.4. The molecule has 0 aliphatic rings. The number of carbonyl (C=O) groups excluding carboxylic acids is 2. The third-order valence-corrected chi connectivity index (χ3v) is 2.98. The van der Waals surface area contributed by atoms with Crippen LogP contribution in [-0.4, -0.2) is 29.4 Å². The molecule has 0 aromatic heterocycles. The second-order valence-electron chi connectivity index (χ2n) is 4.36. The van der Waals surface area contributed by atoms with Gasteiger partial charge in [0, 0.05) is 25.1 Å². The highest BCUT2D eigenvalue weighted by atomic mass is 35.5. The smallest absolute Gasteiger partial charge is 0.337 e. The minimum Gasteiger partial charge on any atom is -0.478 e. The number of carbonyl (C=O) groups is 3. The summed E-state index contributed by atoms with van der Waals surface area (Å²) in [6, 6.07) is 4.18. The average molecular weight is 313 g/mol. The van der Waals surface area contributed by atoms with Crippen molar-refractivity contribution in [1.29, 1.82) is 0 Å². The molecule has 0 spiro atoms. The lowest BCUT2D eigenvalue weighted by Gasteiger charge is -2.07. The van der Waals surface area contributed by atoms with Crippen molar-refractivity contribution in [3.63, 3.8) is 0 Å². The molecule has 0 saturated heterocycles. The number of carboxylic acid groups (broad SMARTS) is 1. The first-order valence-corrected chi connectivity index (χ1v) is 6.91. The molecule has 0 aliphatic carbocycles. The van der Waals surface area contributed by atoms with E-state index in [4.69, 9.17) is 16.7 Å². The maximum Gasteiger partial charge on any atom is 0.337 e. The van der Waals surface area contributed by atoms with Gasteiger partial charge in [-0.05, 0) is 31.5 Å². The maximum absolute atomic E-state index is 11.7. The fraction of sp³-hybridized carbons (Fsp3) is 0.357. The number of aromatic carboxylic acids is 1. The molecule has 0 atom stereocenters. The van der Waals surface area contributed by atoms with Crippen molar-refractivity contribution in [3.05, 3.63) is 28.8 Å². The molecule has 0 unspecified atom stereocenters. The number of carboxylic acids is 1. The number of anilines is 1. The first-order chi connectivity index (χ1) is 9.93. The van der Waals surface area contributed by atoms with E-state index in [1.807, 2.05) is 6.92 Å². The zero-order valence-electron chi connectivity index (χ0n) is 11.6. The van der Waals surface area contributed by atoms with Crippen LogP contribution in [0.3, 0.4) is 0 Å². The fourth-order valence-corrected chi connectivity index (χ4v) is 1.95. The van der Waals surface area contributed by atoms with Gasteiger partial charge >= 0.3 is 5.97 Å². The second kappa shape index (κ2) is 8.26. The molecule has 1 rings (SSSR count). The van der Waals surface area contributed by atoms with Gasteiger partial charge in [0.15, 0.2) is 0 Å². The van der Waals surface area contributed by atoms with Crippen molar-refractivity contribution >= 4 is 35.1 Å². The molecule has 0 radical (unpaired) electrons. The van der Waals surface area contributed by atoms with E-state index in [0.29, 0.717) is 25.1 Å². The molecule has 3 N–H and O–H groups in total. The minimum atomic E-state index is -1.13. The molecule has 1 aromatic rings. The van der Waals surface area contributed by atoms with Gasteiger partial charge in [-0.1, -0.05) is 11.6 Å². The zero-order chi connectivity index (χ0) is 15.8. The normalized spacial score (nSPS) is 10.0. The van der Waals surface area contributed by atoms with Crippen molar-refractivity contribution < 1.29 is 19.5 Å². The van der Waals surface area contributed by atoms with Gasteiger partial charge in [-0.25, -0.2) is 4.79 Å². The molecule has 114 valence electrons. The molecule has 0 fully saturated rings. The summed E-state index contributed by atoms with van der Waals surface area (Å²) < 4.78 is 0. The van der Waals surface area contributed by atoms with E-state index < -0.39 is 5.97 Å². The van der Waals surface area contributed by atoms with E-state index in [9.17, 15) is 14.4 Å². The largest absolute Gasteiger partial charge is 0.478 e. The van der Waals surface area contributed by atoms with Crippen LogP contribution >= 0.6 is 11.6 Å². The van der Waals surface area contributed by atoms with Gasteiger partial charge in [0.05, 0.1) is 10.6 Å². The Bertz CT molecular complexity index is 546. The summed E-state index contributed by atoms with van der Waals surface area (Å²) in [4.78, 5) is 33.7. The van der Waals surface area contributed by atoms with Crippen molar-refractivity contribution in [2.75, 3.05) is 11.9 Å². The van der Waals surface area contributed by atoms with Crippen LogP contribution in [0.25, 0.3) is 0 Å². The molecule has 0 saturated carbocycles. The third-order valence-electron chi connectivity index (χ3n) is 2.66. The third kappa shape index (κ3) is 5.83. The predicted octanol–water partition coefficient (Wildman–Crippen LogP) is 2.28. The summed E-state index contributed by atoms with van der Waals surface area (Å²) in [7, 11) is 0. The van der Waals surface area contributed by atoms with Crippen molar-refractivity contribution in [2.45, 2.75) is 26.2 Å². The Balaban J connectivity index is 2.46. The van der Waals surface area contributed by atoms with E-state index in [2.05, 4.69) is 10.6 Å². The van der Waals surface area contributed by atoms with Gasteiger partial charge in [-0.2, -0.15) is 0 Å². The number of amides is 2. The van der Waals surface area contributed by atoms with Gasteiger partial charge < -0.3 is 15.7 Å². The Morgan fingerprint density at radius 2 is 1.86 bits per heavy atom. The first-order valence-electron chi connectivity index (χ1n) is 6.53. The van der Waals surface area contributed by atoms with E-state index >= 15 is 0 Å². The Labute approximate surface area is 127 Å². The predicted molar refractivity (Wildman–Crippen MR) is 79.6 cm³/mol. The Hall–Kier alpha value is -2.08. The quantitative estimate of drug-likeness (QED) is 0.719. The molecule has 1 aromatic carbocycles. The van der Waals surface area contributed by atoms with Gasteiger partial charge in [0.25, 0.3) is 0 Å². The van der Waals surface area contributed by atoms with Gasteiger partial charge in [0.2, 0.25) is 11.8 Å². The monoisotopic (exact) mass is 312 g/mol. The lowest BCUT2D eigenvalue weighted by molar-refractivity contribution is -0.121. The highest BCUT2D eigenvalue weighted by Crippen LogP contribution is 2.21. The van der Waals surface area contributed by atoms with Crippen molar-refractivity contribution in [2.24, 2.45) is 0 Å². The van der Waals surface area contributed by atoms with E-state index in [1.54, 1.807) is 0 Å². The number of halogens is 1. The van der Waals surface area contributed by atoms with Crippen LogP contribution in [0.4, 0.5) is 5.69 Å². The molecule has 6 nitrogen and oxygen atoms in total. The van der Waals surface area contributed by atoms with Crippen LogP contribution in [0.2, 0.25) is 5.02 Å². The molecule has 0 heterocycles. The average Bonchev–Trinajstić information content (AvgIpc) is 2.38. The summed E-state index contributed by atoms with van der Waals surface area (Å²) in [5, 5.41) is 14.2. The van der Waals surface area contributed by atoms with Crippen LogP contribution in [0.5, 0.6) is 0 Å². The maximum atomic E-state index is 11.7. The second-order valence-corrected chi connectivity index (χ2v) is 4.76. The Morgan fingerprint density at radius 1 is 1.19 bits per heavy atom. The Morgan fingerprint density at radius 3 is 2.43 bits per heavy atom. The van der Waals surface area contributed by atoms with Crippen LogP contribution in [0.15, 0.2) is 18.2 Å². The van der Waals surface area contributed by atoms with Gasteiger partial charge in [-0.3, -0.25) is 9.59 Å². The van der Waals surface area contributed by atoms with Crippen LogP contribution in [0.1, 0.15) is 36.5 Å². The van der Waals surface area contributed by atoms with Crippen LogP contribution in [-0.2, 0) is 9.59 Å². The van der Waals surface area contributed by atoms with Crippen LogP contribution < -0.4 is 10.6 Å². The van der Waals surface area contributed by atoms with Gasteiger partial charge in [-0.15, -0.1) is 0 Å². The van der Waals surface area contributed by atoms with Crippen molar-refractivity contribution in [1.82, 2.24) is 5.32 Å². The van der Waals surface area contributed by atoms with Gasteiger partial charge in [0.1, 0.15) is 0 Å². The SMILES string of the molecule is CCNC(=O)CCCC(=O)Nc1ccc(C(=O)O)c(Cl)c1. The summed E-state index contributed by atoms with van der Waals surface area (Å²) >= 11 is 5.80. The fourth-order valence-electron chi connectivity index (χ4n) is 1.68. The molecule has 21 heavy (non-hydrogen) atoms. The number of hydrogen-bond acceptors (Lipinski definition) is 3. The van der Waals surface area contributed by atoms with Crippen molar-refractivity contribution in [3.8, 4) is 0 Å². The highest BCUT2D eigenvalue weighted by Gasteiger charge is 2.10. The molecule has 0 bridgehead atoms. The molecule has 7 heteroatoms. The number of rotatable bonds is 7. The summed E-state index contributed by atoms with van der Waals surface area (Å²) in [5.74, 6) is -1.46. The number of benzene rings is 1. The van der Waals surface area contributed by atoms with E-state index in [1.165, 1.54) is 18.2 Å². The molecule has 0 aliphatic heterocycles. The van der Waals surface area contributed by atoms with Crippen LogP contribution in [0, 0.1) is 0 Å². The van der Waals surface area contributed by atoms with E-state index in [0.717, 1.165) is 0 Å². The lowest BCUT2D eigenvalue weighted by atomic mass is 10.2. The first kappa shape index (κ1) is 17.0. The topological polar surface area (TPSA) is 95.5 Å². The highest BCUT2D eigenvalue weighted by molar-refractivity contribution is 6.33. The molecule has 2 amide bonds.